The quantitative estimate of drug-likeness (QED) is 0.770. The van der Waals surface area contributed by atoms with Crippen molar-refractivity contribution in [3.63, 3.8) is 0 Å². The Kier molecular flexibility index (Phi) is 1.71. The van der Waals surface area contributed by atoms with Crippen molar-refractivity contribution < 1.29 is 9.90 Å². The summed E-state index contributed by atoms with van der Waals surface area (Å²) < 4.78 is 1.90. The smallest absolute Gasteiger partial charge is 0.307 e. The summed E-state index contributed by atoms with van der Waals surface area (Å²) in [6.07, 6.45) is 3.47. The van der Waals surface area contributed by atoms with Gasteiger partial charge in [-0.15, -0.1) is 0 Å². The second-order valence-electron chi connectivity index (χ2n) is 4.54. The molecule has 1 N–H and O–H groups in total. The van der Waals surface area contributed by atoms with Crippen molar-refractivity contribution in [1.29, 1.82) is 0 Å². The molecule has 1 aliphatic rings. The molecule has 76 valence electrons. The minimum Gasteiger partial charge on any atom is -0.481 e. The van der Waals surface area contributed by atoms with E-state index in [2.05, 4.69) is 4.98 Å². The van der Waals surface area contributed by atoms with Crippen molar-refractivity contribution in [3.8, 4) is 0 Å². The summed E-state index contributed by atoms with van der Waals surface area (Å²) in [5.74, 6) is -0.869. The molecule has 1 saturated carbocycles. The molecule has 14 heavy (non-hydrogen) atoms. The van der Waals surface area contributed by atoms with Crippen LogP contribution in [0.1, 0.15) is 25.5 Å². The molecule has 1 aliphatic carbocycles. The zero-order chi connectivity index (χ0) is 10.5. The number of hydrogen-bond acceptors (Lipinski definition) is 2. The lowest BCUT2D eigenvalue weighted by Crippen LogP contribution is -2.03. The first kappa shape index (κ1) is 9.24. The highest BCUT2D eigenvalue weighted by atomic mass is 16.4. The highest BCUT2D eigenvalue weighted by Gasteiger charge is 2.63. The average molecular weight is 194 g/mol. The number of carbonyl (C=O) groups is 1. The predicted molar refractivity (Wildman–Crippen MR) is 50.9 cm³/mol. The molecule has 2 rings (SSSR count). The zero-order valence-corrected chi connectivity index (χ0v) is 8.56. The van der Waals surface area contributed by atoms with Gasteiger partial charge in [0.05, 0.1) is 12.2 Å². The molecular formula is C10H14N2O2. The highest BCUT2D eigenvalue weighted by molar-refractivity contribution is 5.77. The van der Waals surface area contributed by atoms with Gasteiger partial charge in [-0.05, 0) is 5.41 Å². The van der Waals surface area contributed by atoms with Crippen LogP contribution in [0.3, 0.4) is 0 Å². The highest BCUT2D eigenvalue weighted by Crippen LogP contribution is 2.64. The summed E-state index contributed by atoms with van der Waals surface area (Å²) in [5, 5.41) is 9.02. The van der Waals surface area contributed by atoms with Crippen LogP contribution in [0, 0.1) is 11.3 Å². The van der Waals surface area contributed by atoms with E-state index in [-0.39, 0.29) is 17.3 Å². The molecule has 1 aromatic rings. The maximum atomic E-state index is 11.0. The molecule has 1 aromatic heterocycles. The van der Waals surface area contributed by atoms with Crippen LogP contribution in [0.5, 0.6) is 0 Å². The Morgan fingerprint density at radius 2 is 2.29 bits per heavy atom. The summed E-state index contributed by atoms with van der Waals surface area (Å²) in [4.78, 5) is 15.0. The summed E-state index contributed by atoms with van der Waals surface area (Å²) in [6.45, 7) is 3.98. The fraction of sp³-hybridized carbons (Fsp3) is 0.600. The lowest BCUT2D eigenvalue weighted by molar-refractivity contribution is -0.139. The van der Waals surface area contributed by atoms with Gasteiger partial charge in [-0.1, -0.05) is 13.8 Å². The van der Waals surface area contributed by atoms with E-state index in [0.717, 1.165) is 5.69 Å². The van der Waals surface area contributed by atoms with Gasteiger partial charge in [0.15, 0.2) is 0 Å². The number of carboxylic acid groups (broad SMARTS) is 1. The molecule has 0 aliphatic heterocycles. The Labute approximate surface area is 82.6 Å². The molecule has 0 unspecified atom stereocenters. The van der Waals surface area contributed by atoms with E-state index >= 15 is 0 Å². The Bertz CT molecular complexity index is 381. The molecule has 0 spiro atoms. The van der Waals surface area contributed by atoms with Crippen molar-refractivity contribution in [1.82, 2.24) is 9.55 Å². The standard InChI is InChI=1S/C10H14N2O2/c1-10(2)7(8(10)9(13)14)6-4-11-5-12(6)3/h4-5,7-8H,1-3H3,(H,13,14)/t7-,8+/m1/s1. The lowest BCUT2D eigenvalue weighted by Gasteiger charge is -2.02. The van der Waals surface area contributed by atoms with Crippen LogP contribution in [0.15, 0.2) is 12.5 Å². The predicted octanol–water partition coefficient (Wildman–Crippen LogP) is 1.24. The van der Waals surface area contributed by atoms with Gasteiger partial charge in [-0.2, -0.15) is 0 Å². The molecule has 2 atom stereocenters. The molecule has 1 fully saturated rings. The van der Waals surface area contributed by atoms with Gasteiger partial charge in [0, 0.05) is 24.9 Å². The third-order valence-corrected chi connectivity index (χ3v) is 3.27. The van der Waals surface area contributed by atoms with Crippen molar-refractivity contribution in [2.45, 2.75) is 19.8 Å². The third kappa shape index (κ3) is 1.06. The van der Waals surface area contributed by atoms with Gasteiger partial charge in [0.2, 0.25) is 0 Å². The molecule has 4 nitrogen and oxygen atoms in total. The Hall–Kier alpha value is -1.32. The molecule has 0 radical (unpaired) electrons. The van der Waals surface area contributed by atoms with Crippen LogP contribution in [-0.4, -0.2) is 20.6 Å². The van der Waals surface area contributed by atoms with Gasteiger partial charge in [0.1, 0.15) is 0 Å². The van der Waals surface area contributed by atoms with Crippen LogP contribution >= 0.6 is 0 Å². The summed E-state index contributed by atoms with van der Waals surface area (Å²) in [5.41, 5.74) is 0.877. The van der Waals surface area contributed by atoms with Crippen molar-refractivity contribution in [2.75, 3.05) is 0 Å². The second-order valence-corrected chi connectivity index (χ2v) is 4.54. The fourth-order valence-electron chi connectivity index (χ4n) is 2.32. The van der Waals surface area contributed by atoms with Crippen molar-refractivity contribution >= 4 is 5.97 Å². The maximum absolute atomic E-state index is 11.0. The lowest BCUT2D eigenvalue weighted by atomic mass is 10.1. The molecule has 4 heteroatoms. The van der Waals surface area contributed by atoms with E-state index in [4.69, 9.17) is 5.11 Å². The van der Waals surface area contributed by atoms with E-state index in [1.807, 2.05) is 25.5 Å². The summed E-state index contributed by atoms with van der Waals surface area (Å²) >= 11 is 0. The van der Waals surface area contributed by atoms with E-state index < -0.39 is 5.97 Å². The number of aliphatic carboxylic acids is 1. The number of hydrogen-bond donors (Lipinski definition) is 1. The maximum Gasteiger partial charge on any atom is 0.307 e. The second kappa shape index (κ2) is 2.59. The van der Waals surface area contributed by atoms with Gasteiger partial charge >= 0.3 is 5.97 Å². The Morgan fingerprint density at radius 3 is 2.64 bits per heavy atom. The molecule has 0 bridgehead atoms. The number of aryl methyl sites for hydroxylation is 1. The number of imidazole rings is 1. The Morgan fingerprint density at radius 1 is 1.64 bits per heavy atom. The number of nitrogens with zero attached hydrogens (tertiary/aromatic N) is 2. The molecular weight excluding hydrogens is 180 g/mol. The minimum absolute atomic E-state index is 0.104. The van der Waals surface area contributed by atoms with Crippen LogP contribution in [0.2, 0.25) is 0 Å². The SMILES string of the molecule is Cn1cncc1[C@@H]1[C@@H](C(=O)O)C1(C)C. The van der Waals surface area contributed by atoms with Crippen LogP contribution in [-0.2, 0) is 11.8 Å². The van der Waals surface area contributed by atoms with Gasteiger partial charge in [0.25, 0.3) is 0 Å². The largest absolute Gasteiger partial charge is 0.481 e. The zero-order valence-electron chi connectivity index (χ0n) is 8.56. The third-order valence-electron chi connectivity index (χ3n) is 3.27. The molecule has 0 amide bonds. The van der Waals surface area contributed by atoms with E-state index in [9.17, 15) is 4.79 Å². The molecule has 1 heterocycles. The summed E-state index contributed by atoms with van der Waals surface area (Å²) in [7, 11) is 1.90. The summed E-state index contributed by atoms with van der Waals surface area (Å²) in [6, 6.07) is 0. The first-order valence-corrected chi connectivity index (χ1v) is 4.65. The first-order valence-electron chi connectivity index (χ1n) is 4.65. The number of rotatable bonds is 2. The molecule has 0 aromatic carbocycles. The fourth-order valence-corrected chi connectivity index (χ4v) is 2.32. The van der Waals surface area contributed by atoms with Crippen molar-refractivity contribution in [2.24, 2.45) is 18.4 Å². The van der Waals surface area contributed by atoms with Crippen LogP contribution in [0.4, 0.5) is 0 Å². The normalized spacial score (nSPS) is 28.8. The molecule has 0 saturated heterocycles. The van der Waals surface area contributed by atoms with Crippen LogP contribution < -0.4 is 0 Å². The van der Waals surface area contributed by atoms with E-state index in [0.29, 0.717) is 0 Å². The Balaban J connectivity index is 2.32. The van der Waals surface area contributed by atoms with E-state index in [1.54, 1.807) is 12.5 Å². The first-order chi connectivity index (χ1) is 6.46. The monoisotopic (exact) mass is 194 g/mol. The van der Waals surface area contributed by atoms with Gasteiger partial charge in [-0.25, -0.2) is 4.98 Å². The van der Waals surface area contributed by atoms with Crippen LogP contribution in [0.25, 0.3) is 0 Å². The number of carboxylic acids is 1. The van der Waals surface area contributed by atoms with Gasteiger partial charge < -0.3 is 9.67 Å². The number of aromatic nitrogens is 2. The topological polar surface area (TPSA) is 55.1 Å². The van der Waals surface area contributed by atoms with Crippen molar-refractivity contribution in [3.05, 3.63) is 18.2 Å². The minimum atomic E-state index is -0.707. The van der Waals surface area contributed by atoms with E-state index in [1.165, 1.54) is 0 Å². The van der Waals surface area contributed by atoms with Gasteiger partial charge in [-0.3, -0.25) is 4.79 Å². The average Bonchev–Trinajstić information content (AvgIpc) is 2.42.